The minimum absolute atomic E-state index is 0.0185. The molecular formula is C26H27ClF2N4O6Si. The molecule has 1 unspecified atom stereocenters. The molecule has 14 heteroatoms. The maximum absolute atomic E-state index is 15.0. The number of aromatic nitrogens is 1. The van der Waals surface area contributed by atoms with Crippen molar-refractivity contribution in [1.29, 1.82) is 0 Å². The van der Waals surface area contributed by atoms with Crippen LogP contribution in [-0.4, -0.2) is 67.7 Å². The van der Waals surface area contributed by atoms with Crippen LogP contribution in [0.1, 0.15) is 21.7 Å². The number of hydrogen-bond donors (Lipinski definition) is 1. The highest BCUT2D eigenvalue weighted by molar-refractivity contribution is 6.76. The van der Waals surface area contributed by atoms with Crippen molar-refractivity contribution in [2.45, 2.75) is 37.8 Å². The van der Waals surface area contributed by atoms with E-state index >= 15 is 0 Å². The van der Waals surface area contributed by atoms with Crippen LogP contribution in [0.2, 0.25) is 30.8 Å². The lowest BCUT2D eigenvalue weighted by molar-refractivity contribution is -0.136. The number of nitrogens with one attached hydrogen (secondary N) is 1. The average molecular weight is 593 g/mol. The smallest absolute Gasteiger partial charge is 0.327 e. The third kappa shape index (κ3) is 4.82. The van der Waals surface area contributed by atoms with E-state index in [1.54, 1.807) is 6.07 Å². The molecule has 2 aromatic heterocycles. The van der Waals surface area contributed by atoms with Gasteiger partial charge in [-0.2, -0.15) is 0 Å². The van der Waals surface area contributed by atoms with Crippen molar-refractivity contribution in [2.24, 2.45) is 0 Å². The number of amides is 4. The molecular weight excluding hydrogens is 566 g/mol. The molecule has 0 saturated carbocycles. The number of furan rings is 1. The molecule has 4 heterocycles. The predicted molar refractivity (Wildman–Crippen MR) is 143 cm³/mol. The highest BCUT2D eigenvalue weighted by Crippen LogP contribution is 2.38. The lowest BCUT2D eigenvalue weighted by Gasteiger charge is -2.29. The molecule has 212 valence electrons. The van der Waals surface area contributed by atoms with Crippen molar-refractivity contribution < 1.29 is 37.1 Å². The standard InChI is InChI=1S/C26H27ClF2N4O6Si/c1-37-17-6-5-14-11-32(23(34)20(14)21(17)29)12-26(19-10-16-18(39-19)9-15(28)22(27)30-16)24(35)33(25(36)31-26)13-38-7-8-40(2,3)4/h5-6,9-10H,7-8,11-13H2,1-4H3,(H,31,36). The summed E-state index contributed by atoms with van der Waals surface area (Å²) in [6, 6.07) is 5.38. The number of urea groups is 1. The van der Waals surface area contributed by atoms with Crippen LogP contribution in [0.4, 0.5) is 13.6 Å². The van der Waals surface area contributed by atoms with Crippen molar-refractivity contribution in [3.8, 4) is 5.75 Å². The topological polar surface area (TPSA) is 114 Å². The lowest BCUT2D eigenvalue weighted by atomic mass is 9.95. The summed E-state index contributed by atoms with van der Waals surface area (Å²) in [6.07, 6.45) is 0. The molecule has 40 heavy (non-hydrogen) atoms. The minimum Gasteiger partial charge on any atom is -0.494 e. The van der Waals surface area contributed by atoms with Gasteiger partial charge in [0.1, 0.15) is 18.0 Å². The van der Waals surface area contributed by atoms with Crippen LogP contribution in [0.15, 0.2) is 28.7 Å². The molecule has 2 aliphatic heterocycles. The quantitative estimate of drug-likeness (QED) is 0.169. The zero-order chi connectivity index (χ0) is 29.0. The average Bonchev–Trinajstić information content (AvgIpc) is 3.50. The molecule has 2 aliphatic rings. The summed E-state index contributed by atoms with van der Waals surface area (Å²) in [5.41, 5.74) is -1.60. The van der Waals surface area contributed by atoms with Gasteiger partial charge in [-0.15, -0.1) is 0 Å². The second kappa shape index (κ2) is 10.1. The van der Waals surface area contributed by atoms with Crippen LogP contribution in [0.5, 0.6) is 5.75 Å². The van der Waals surface area contributed by atoms with Gasteiger partial charge in [0.25, 0.3) is 11.8 Å². The Bertz CT molecular complexity index is 1500. The molecule has 10 nitrogen and oxygen atoms in total. The zero-order valence-corrected chi connectivity index (χ0v) is 24.0. The van der Waals surface area contributed by atoms with Gasteiger partial charge in [0.05, 0.1) is 19.2 Å². The maximum atomic E-state index is 15.0. The third-order valence-corrected chi connectivity index (χ3v) is 8.90. The van der Waals surface area contributed by atoms with Gasteiger partial charge in [-0.1, -0.05) is 37.3 Å². The first kappa shape index (κ1) is 28.0. The van der Waals surface area contributed by atoms with E-state index < -0.39 is 54.8 Å². The molecule has 3 aromatic rings. The number of hydrogen-bond acceptors (Lipinski definition) is 7. The summed E-state index contributed by atoms with van der Waals surface area (Å²) in [5.74, 6) is -3.30. The van der Waals surface area contributed by atoms with Crippen molar-refractivity contribution >= 4 is 48.6 Å². The van der Waals surface area contributed by atoms with Gasteiger partial charge in [-0.25, -0.2) is 23.5 Å². The van der Waals surface area contributed by atoms with Gasteiger partial charge in [-0.3, -0.25) is 9.59 Å². The molecule has 1 fully saturated rings. The van der Waals surface area contributed by atoms with E-state index in [0.29, 0.717) is 12.2 Å². The summed E-state index contributed by atoms with van der Waals surface area (Å²) in [4.78, 5) is 46.4. The number of nitrogens with zero attached hydrogens (tertiary/aromatic N) is 3. The first-order chi connectivity index (χ1) is 18.8. The third-order valence-electron chi connectivity index (χ3n) is 6.93. The predicted octanol–water partition coefficient (Wildman–Crippen LogP) is 4.48. The van der Waals surface area contributed by atoms with Crippen molar-refractivity contribution in [3.63, 3.8) is 0 Å². The summed E-state index contributed by atoms with van der Waals surface area (Å²) >= 11 is 5.83. The van der Waals surface area contributed by atoms with E-state index in [1.807, 2.05) is 0 Å². The number of halogens is 3. The van der Waals surface area contributed by atoms with E-state index in [0.717, 1.165) is 17.0 Å². The van der Waals surface area contributed by atoms with E-state index in [9.17, 15) is 23.2 Å². The molecule has 4 amide bonds. The van der Waals surface area contributed by atoms with Gasteiger partial charge in [0, 0.05) is 33.4 Å². The Morgan fingerprint density at radius 2 is 1.95 bits per heavy atom. The molecule has 0 spiro atoms. The Morgan fingerprint density at radius 1 is 1.20 bits per heavy atom. The van der Waals surface area contributed by atoms with E-state index in [2.05, 4.69) is 29.9 Å². The SMILES string of the molecule is COc1ccc2c(c1F)C(=O)N(CC1(c3cc4nc(Cl)c(F)cc4o3)NC(=O)N(COCC[Si](C)(C)C)C1=O)C2. The zero-order valence-electron chi connectivity index (χ0n) is 22.3. The molecule has 1 atom stereocenters. The summed E-state index contributed by atoms with van der Waals surface area (Å²) in [7, 11) is -0.142. The monoisotopic (exact) mass is 592 g/mol. The number of carbonyl (C=O) groups excluding carboxylic acids is 3. The van der Waals surface area contributed by atoms with Crippen LogP contribution in [-0.2, 0) is 21.6 Å². The molecule has 1 aromatic carbocycles. The summed E-state index contributed by atoms with van der Waals surface area (Å²) < 4.78 is 45.6. The van der Waals surface area contributed by atoms with E-state index in [4.69, 9.17) is 25.5 Å². The number of fused-ring (bicyclic) bond motifs is 2. The van der Waals surface area contributed by atoms with Crippen molar-refractivity contribution in [2.75, 3.05) is 27.0 Å². The Labute approximate surface area is 234 Å². The Kier molecular flexibility index (Phi) is 7.09. The fourth-order valence-electron chi connectivity index (χ4n) is 4.73. The number of rotatable bonds is 9. The lowest BCUT2D eigenvalue weighted by Crippen LogP contribution is -2.52. The Morgan fingerprint density at radius 3 is 2.65 bits per heavy atom. The fourth-order valence-corrected chi connectivity index (χ4v) is 5.63. The van der Waals surface area contributed by atoms with Crippen molar-refractivity contribution in [1.82, 2.24) is 20.1 Å². The molecule has 0 aliphatic carbocycles. The normalized spacial score (nSPS) is 19.1. The second-order valence-electron chi connectivity index (χ2n) is 10.9. The van der Waals surface area contributed by atoms with Crippen LogP contribution >= 0.6 is 11.6 Å². The highest BCUT2D eigenvalue weighted by atomic mass is 35.5. The number of methoxy groups -OCH3 is 1. The number of pyridine rings is 1. The summed E-state index contributed by atoms with van der Waals surface area (Å²) in [5, 5.41) is 2.25. The van der Waals surface area contributed by atoms with Gasteiger partial charge < -0.3 is 24.1 Å². The number of imide groups is 1. The van der Waals surface area contributed by atoms with Crippen LogP contribution < -0.4 is 10.1 Å². The van der Waals surface area contributed by atoms with Crippen molar-refractivity contribution in [3.05, 3.63) is 57.9 Å². The van der Waals surface area contributed by atoms with Gasteiger partial charge in [0.2, 0.25) is 0 Å². The second-order valence-corrected chi connectivity index (χ2v) is 16.9. The van der Waals surface area contributed by atoms with Crippen LogP contribution in [0.3, 0.4) is 0 Å². The first-order valence-corrected chi connectivity index (χ1v) is 16.6. The Balaban J connectivity index is 1.51. The molecule has 0 radical (unpaired) electrons. The van der Waals surface area contributed by atoms with Crippen LogP contribution in [0, 0.1) is 11.6 Å². The van der Waals surface area contributed by atoms with Crippen LogP contribution in [0.25, 0.3) is 11.1 Å². The van der Waals surface area contributed by atoms with Gasteiger partial charge in [0.15, 0.2) is 33.7 Å². The highest BCUT2D eigenvalue weighted by Gasteiger charge is 2.57. The number of ether oxygens (including phenoxy) is 2. The Hall–Kier alpha value is -3.55. The van der Waals surface area contributed by atoms with E-state index in [1.165, 1.54) is 24.1 Å². The number of benzene rings is 1. The molecule has 0 bridgehead atoms. The minimum atomic E-state index is -1.93. The molecule has 5 rings (SSSR count). The van der Waals surface area contributed by atoms with Gasteiger partial charge in [-0.05, 0) is 17.7 Å². The summed E-state index contributed by atoms with van der Waals surface area (Å²) in [6.45, 7) is 6.10. The van der Waals surface area contributed by atoms with Gasteiger partial charge >= 0.3 is 6.03 Å². The largest absolute Gasteiger partial charge is 0.494 e. The van der Waals surface area contributed by atoms with E-state index in [-0.39, 0.29) is 41.4 Å². The first-order valence-electron chi connectivity index (χ1n) is 12.5. The molecule has 1 N–H and O–H groups in total. The maximum Gasteiger partial charge on any atom is 0.327 e. The number of carbonyl (C=O) groups is 3. The molecule has 1 saturated heterocycles. The fraction of sp³-hybridized carbons (Fsp3) is 0.385.